The van der Waals surface area contributed by atoms with Crippen molar-refractivity contribution < 1.29 is 9.21 Å². The number of thioether (sulfide) groups is 1. The van der Waals surface area contributed by atoms with Gasteiger partial charge in [0.15, 0.2) is 0 Å². The fourth-order valence-corrected chi connectivity index (χ4v) is 2.11. The largest absolute Gasteiger partial charge is 0.416 e. The van der Waals surface area contributed by atoms with Crippen molar-refractivity contribution in [1.29, 1.82) is 0 Å². The van der Waals surface area contributed by atoms with Gasteiger partial charge in [-0.2, -0.15) is 0 Å². The lowest BCUT2D eigenvalue weighted by Gasteiger charge is -2.06. The fraction of sp³-hybridized carbons (Fsp3) is 0.357. The number of rotatable bonds is 5. The van der Waals surface area contributed by atoms with Crippen LogP contribution in [0.2, 0.25) is 0 Å². The van der Waals surface area contributed by atoms with Crippen LogP contribution in [0.1, 0.15) is 31.2 Å². The molecule has 20 heavy (non-hydrogen) atoms. The van der Waals surface area contributed by atoms with Gasteiger partial charge in [-0.1, -0.05) is 43.8 Å². The number of carbonyl (C=O) groups excluding carboxylic acids is 1. The number of carbonyl (C=O) groups is 1. The lowest BCUT2D eigenvalue weighted by molar-refractivity contribution is -0.113. The maximum Gasteiger partial charge on any atom is 0.277 e. The van der Waals surface area contributed by atoms with Gasteiger partial charge in [-0.25, -0.2) is 0 Å². The highest BCUT2D eigenvalue weighted by molar-refractivity contribution is 7.99. The van der Waals surface area contributed by atoms with Crippen LogP contribution in [-0.2, 0) is 4.79 Å². The Labute approximate surface area is 122 Å². The molecule has 2 aromatic rings. The van der Waals surface area contributed by atoms with Crippen LogP contribution in [0.3, 0.4) is 0 Å². The zero-order valence-electron chi connectivity index (χ0n) is 11.7. The zero-order valence-corrected chi connectivity index (χ0v) is 12.5. The van der Waals surface area contributed by atoms with E-state index in [4.69, 9.17) is 4.42 Å². The van der Waals surface area contributed by atoms with Crippen LogP contribution in [0, 0.1) is 6.92 Å². The molecule has 6 heteroatoms. The minimum atomic E-state index is -0.0893. The molecular formula is C14H17N3O2S. The molecule has 0 saturated heterocycles. The maximum atomic E-state index is 11.9. The molecule has 5 nitrogen and oxygen atoms in total. The number of nitrogens with one attached hydrogen (secondary N) is 1. The Morgan fingerprint density at radius 2 is 2.10 bits per heavy atom. The Balaban J connectivity index is 1.87. The number of amides is 1. The molecule has 1 amide bonds. The van der Waals surface area contributed by atoms with Gasteiger partial charge in [0.2, 0.25) is 11.8 Å². The summed E-state index contributed by atoms with van der Waals surface area (Å²) in [6.07, 6.45) is 0. The van der Waals surface area contributed by atoms with Crippen LogP contribution in [0.25, 0.3) is 0 Å². The van der Waals surface area contributed by atoms with Crippen LogP contribution in [0.4, 0.5) is 5.69 Å². The molecule has 0 fully saturated rings. The summed E-state index contributed by atoms with van der Waals surface area (Å²) in [6, 6.07) is 7.66. The van der Waals surface area contributed by atoms with E-state index in [1.54, 1.807) is 0 Å². The van der Waals surface area contributed by atoms with E-state index in [1.165, 1.54) is 11.8 Å². The summed E-state index contributed by atoms with van der Waals surface area (Å²) < 4.78 is 5.43. The van der Waals surface area contributed by atoms with Crippen LogP contribution >= 0.6 is 11.8 Å². The quantitative estimate of drug-likeness (QED) is 0.857. The van der Waals surface area contributed by atoms with Crippen molar-refractivity contribution in [2.75, 3.05) is 11.1 Å². The van der Waals surface area contributed by atoms with Crippen molar-refractivity contribution >= 4 is 23.4 Å². The van der Waals surface area contributed by atoms with Crippen LogP contribution < -0.4 is 5.32 Å². The third kappa shape index (κ3) is 3.84. The van der Waals surface area contributed by atoms with Crippen molar-refractivity contribution in [1.82, 2.24) is 10.2 Å². The van der Waals surface area contributed by atoms with Gasteiger partial charge in [-0.05, 0) is 18.6 Å². The molecule has 0 spiro atoms. The molecule has 0 atom stereocenters. The summed E-state index contributed by atoms with van der Waals surface area (Å²) >= 11 is 1.24. The Hall–Kier alpha value is -1.82. The third-order valence-electron chi connectivity index (χ3n) is 2.66. The number of aryl methyl sites for hydroxylation is 1. The normalized spacial score (nSPS) is 10.8. The SMILES string of the molecule is Cc1ccccc1NC(=O)CSc1nnc(C(C)C)o1. The maximum absolute atomic E-state index is 11.9. The molecule has 0 bridgehead atoms. The van der Waals surface area contributed by atoms with E-state index in [1.807, 2.05) is 45.0 Å². The fourth-order valence-electron chi connectivity index (χ4n) is 1.54. The van der Waals surface area contributed by atoms with E-state index in [0.29, 0.717) is 11.1 Å². The number of aromatic nitrogens is 2. The molecule has 1 heterocycles. The van der Waals surface area contributed by atoms with Gasteiger partial charge in [-0.15, -0.1) is 10.2 Å². The summed E-state index contributed by atoms with van der Waals surface area (Å²) in [7, 11) is 0. The van der Waals surface area contributed by atoms with E-state index >= 15 is 0 Å². The van der Waals surface area contributed by atoms with E-state index in [0.717, 1.165) is 11.3 Å². The van der Waals surface area contributed by atoms with Gasteiger partial charge >= 0.3 is 0 Å². The number of hydrogen-bond donors (Lipinski definition) is 1. The van der Waals surface area contributed by atoms with Crippen molar-refractivity contribution in [3.05, 3.63) is 35.7 Å². The van der Waals surface area contributed by atoms with Crippen molar-refractivity contribution in [3.8, 4) is 0 Å². The topological polar surface area (TPSA) is 68.0 Å². The van der Waals surface area contributed by atoms with Crippen molar-refractivity contribution in [2.45, 2.75) is 31.9 Å². The van der Waals surface area contributed by atoms with Crippen LogP contribution in [0.5, 0.6) is 0 Å². The zero-order chi connectivity index (χ0) is 14.5. The Bertz CT molecular complexity index is 596. The highest BCUT2D eigenvalue weighted by Gasteiger charge is 2.12. The minimum Gasteiger partial charge on any atom is -0.416 e. The average molecular weight is 291 g/mol. The molecule has 1 N–H and O–H groups in total. The first kappa shape index (κ1) is 14.6. The van der Waals surface area contributed by atoms with E-state index in [-0.39, 0.29) is 17.6 Å². The highest BCUT2D eigenvalue weighted by Crippen LogP contribution is 2.20. The van der Waals surface area contributed by atoms with Gasteiger partial charge < -0.3 is 9.73 Å². The average Bonchev–Trinajstić information content (AvgIpc) is 2.88. The second kappa shape index (κ2) is 6.56. The van der Waals surface area contributed by atoms with Crippen molar-refractivity contribution in [2.24, 2.45) is 0 Å². The molecule has 2 rings (SSSR count). The summed E-state index contributed by atoms with van der Waals surface area (Å²) in [6.45, 7) is 5.91. The smallest absolute Gasteiger partial charge is 0.277 e. The standard InChI is InChI=1S/C14H17N3O2S/c1-9(2)13-16-17-14(19-13)20-8-12(18)15-11-7-5-4-6-10(11)3/h4-7,9H,8H2,1-3H3,(H,15,18). The number of benzene rings is 1. The predicted octanol–water partition coefficient (Wildman–Crippen LogP) is 3.23. The van der Waals surface area contributed by atoms with Gasteiger partial charge in [0, 0.05) is 11.6 Å². The first-order chi connectivity index (χ1) is 9.56. The monoisotopic (exact) mass is 291 g/mol. The predicted molar refractivity (Wildman–Crippen MR) is 78.9 cm³/mol. The van der Waals surface area contributed by atoms with E-state index in [2.05, 4.69) is 15.5 Å². The van der Waals surface area contributed by atoms with Gasteiger partial charge in [0.1, 0.15) is 0 Å². The first-order valence-corrected chi connectivity index (χ1v) is 7.36. The Kier molecular flexibility index (Phi) is 4.79. The Morgan fingerprint density at radius 3 is 2.75 bits per heavy atom. The molecule has 0 aliphatic heterocycles. The van der Waals surface area contributed by atoms with Crippen LogP contribution in [0.15, 0.2) is 33.9 Å². The molecule has 1 aromatic heterocycles. The van der Waals surface area contributed by atoms with E-state index < -0.39 is 0 Å². The number of nitrogens with zero attached hydrogens (tertiary/aromatic N) is 2. The van der Waals surface area contributed by atoms with Crippen molar-refractivity contribution in [3.63, 3.8) is 0 Å². The molecule has 0 unspecified atom stereocenters. The second-order valence-corrected chi connectivity index (χ2v) is 5.64. The number of anilines is 1. The first-order valence-electron chi connectivity index (χ1n) is 6.38. The highest BCUT2D eigenvalue weighted by atomic mass is 32.2. The molecule has 0 aliphatic rings. The summed E-state index contributed by atoms with van der Waals surface area (Å²) in [5, 5.41) is 11.1. The summed E-state index contributed by atoms with van der Waals surface area (Å²) in [5.41, 5.74) is 1.86. The molecule has 0 saturated carbocycles. The lowest BCUT2D eigenvalue weighted by Crippen LogP contribution is -2.14. The molecule has 0 radical (unpaired) electrons. The number of hydrogen-bond acceptors (Lipinski definition) is 5. The third-order valence-corrected chi connectivity index (χ3v) is 3.48. The van der Waals surface area contributed by atoms with Gasteiger partial charge in [0.25, 0.3) is 5.22 Å². The summed E-state index contributed by atoms with van der Waals surface area (Å²) in [4.78, 5) is 11.9. The second-order valence-electron chi connectivity index (χ2n) is 4.71. The van der Waals surface area contributed by atoms with Gasteiger partial charge in [-0.3, -0.25) is 4.79 Å². The van der Waals surface area contributed by atoms with Crippen LogP contribution in [-0.4, -0.2) is 21.9 Å². The number of para-hydroxylation sites is 1. The van der Waals surface area contributed by atoms with E-state index in [9.17, 15) is 4.79 Å². The molecule has 1 aromatic carbocycles. The minimum absolute atomic E-state index is 0.0893. The van der Waals surface area contributed by atoms with Gasteiger partial charge in [0.05, 0.1) is 5.75 Å². The summed E-state index contributed by atoms with van der Waals surface area (Å²) in [5.74, 6) is 0.937. The molecule has 106 valence electrons. The molecule has 0 aliphatic carbocycles. The molecular weight excluding hydrogens is 274 g/mol. The Morgan fingerprint density at radius 1 is 1.35 bits per heavy atom. The lowest BCUT2D eigenvalue weighted by atomic mass is 10.2.